The molecular weight excluding hydrogens is 242 g/mol. The minimum absolute atomic E-state index is 0.445. The molecule has 0 amide bonds. The molecule has 0 radical (unpaired) electrons. The summed E-state index contributed by atoms with van der Waals surface area (Å²) < 4.78 is 0. The van der Waals surface area contributed by atoms with E-state index >= 15 is 0 Å². The number of aromatic nitrogens is 1. The van der Waals surface area contributed by atoms with E-state index in [4.69, 9.17) is 22.9 Å². The molecule has 1 heterocycles. The lowest BCUT2D eigenvalue weighted by Gasteiger charge is -2.15. The maximum atomic E-state index is 5.82. The van der Waals surface area contributed by atoms with Gasteiger partial charge in [0.15, 0.2) is 0 Å². The van der Waals surface area contributed by atoms with Crippen molar-refractivity contribution in [3.05, 3.63) is 22.9 Å². The standard InChI is InChI=1S/C14H19N3S/c1-14(5-6-14)8-16-13-10(12(15)18)7-9-3-2-4-11(9)17-13/h7H,2-6,8H2,1H3,(H2,15,18)(H,16,17). The normalized spacial score (nSPS) is 19.4. The molecule has 0 bridgehead atoms. The summed E-state index contributed by atoms with van der Waals surface area (Å²) in [6.07, 6.45) is 5.98. The van der Waals surface area contributed by atoms with Gasteiger partial charge in [-0.15, -0.1) is 0 Å². The van der Waals surface area contributed by atoms with Crippen LogP contribution in [0.15, 0.2) is 6.07 Å². The predicted molar refractivity (Wildman–Crippen MR) is 78.0 cm³/mol. The van der Waals surface area contributed by atoms with Crippen molar-refractivity contribution in [1.82, 2.24) is 4.98 Å². The van der Waals surface area contributed by atoms with E-state index in [1.165, 1.54) is 30.5 Å². The fourth-order valence-electron chi connectivity index (χ4n) is 2.48. The summed E-state index contributed by atoms with van der Waals surface area (Å²) >= 11 is 5.14. The van der Waals surface area contributed by atoms with Gasteiger partial charge in [0.1, 0.15) is 10.8 Å². The number of anilines is 1. The zero-order valence-corrected chi connectivity index (χ0v) is 11.6. The van der Waals surface area contributed by atoms with E-state index < -0.39 is 0 Å². The molecule has 2 aliphatic carbocycles. The van der Waals surface area contributed by atoms with Crippen molar-refractivity contribution in [2.75, 3.05) is 11.9 Å². The molecule has 0 saturated heterocycles. The van der Waals surface area contributed by atoms with Crippen molar-refractivity contribution in [1.29, 1.82) is 0 Å². The van der Waals surface area contributed by atoms with Gasteiger partial charge in [0.05, 0.1) is 5.56 Å². The van der Waals surface area contributed by atoms with Crippen LogP contribution in [0, 0.1) is 5.41 Å². The molecule has 0 aliphatic heterocycles. The summed E-state index contributed by atoms with van der Waals surface area (Å²) in [7, 11) is 0. The van der Waals surface area contributed by atoms with Gasteiger partial charge in [-0.1, -0.05) is 19.1 Å². The molecule has 1 aromatic rings. The van der Waals surface area contributed by atoms with Gasteiger partial charge in [-0.05, 0) is 49.1 Å². The molecule has 4 heteroatoms. The van der Waals surface area contributed by atoms with Crippen LogP contribution in [0.2, 0.25) is 0 Å². The van der Waals surface area contributed by atoms with E-state index in [0.717, 1.165) is 30.8 Å². The van der Waals surface area contributed by atoms with Crippen molar-refractivity contribution in [2.45, 2.75) is 39.0 Å². The highest BCUT2D eigenvalue weighted by atomic mass is 32.1. The van der Waals surface area contributed by atoms with E-state index in [1.807, 2.05) is 0 Å². The van der Waals surface area contributed by atoms with E-state index in [9.17, 15) is 0 Å². The zero-order valence-electron chi connectivity index (χ0n) is 10.8. The fourth-order valence-corrected chi connectivity index (χ4v) is 2.64. The quantitative estimate of drug-likeness (QED) is 0.817. The molecule has 3 N–H and O–H groups in total. The predicted octanol–water partition coefficient (Wildman–Crippen LogP) is 2.42. The van der Waals surface area contributed by atoms with E-state index in [-0.39, 0.29) is 0 Å². The maximum Gasteiger partial charge on any atom is 0.136 e. The third kappa shape index (κ3) is 2.21. The first-order chi connectivity index (χ1) is 8.57. The van der Waals surface area contributed by atoms with Gasteiger partial charge in [0, 0.05) is 12.2 Å². The van der Waals surface area contributed by atoms with E-state index in [0.29, 0.717) is 10.4 Å². The molecule has 3 nitrogen and oxygen atoms in total. The van der Waals surface area contributed by atoms with Crippen LogP contribution < -0.4 is 11.1 Å². The zero-order chi connectivity index (χ0) is 12.8. The van der Waals surface area contributed by atoms with Gasteiger partial charge in [0.25, 0.3) is 0 Å². The van der Waals surface area contributed by atoms with Gasteiger partial charge in [-0.3, -0.25) is 0 Å². The highest BCUT2D eigenvalue weighted by Gasteiger charge is 2.37. The number of pyridine rings is 1. The maximum absolute atomic E-state index is 5.82. The van der Waals surface area contributed by atoms with Crippen molar-refractivity contribution in [3.8, 4) is 0 Å². The monoisotopic (exact) mass is 261 g/mol. The second-order valence-electron chi connectivity index (χ2n) is 5.87. The Balaban J connectivity index is 1.88. The molecule has 1 saturated carbocycles. The number of hydrogen-bond donors (Lipinski definition) is 2. The van der Waals surface area contributed by atoms with Crippen LogP contribution in [0.25, 0.3) is 0 Å². The number of nitrogens with zero attached hydrogens (tertiary/aromatic N) is 1. The number of thiocarbonyl (C=S) groups is 1. The lowest BCUT2D eigenvalue weighted by atomic mass is 10.1. The number of nitrogens with one attached hydrogen (secondary N) is 1. The van der Waals surface area contributed by atoms with Gasteiger partial charge in [-0.25, -0.2) is 4.98 Å². The Kier molecular flexibility index (Phi) is 2.77. The molecule has 0 atom stereocenters. The van der Waals surface area contributed by atoms with Crippen molar-refractivity contribution in [3.63, 3.8) is 0 Å². The Morgan fingerprint density at radius 3 is 2.94 bits per heavy atom. The molecule has 1 aromatic heterocycles. The third-order valence-electron chi connectivity index (χ3n) is 4.10. The van der Waals surface area contributed by atoms with Crippen LogP contribution in [0.5, 0.6) is 0 Å². The van der Waals surface area contributed by atoms with Crippen LogP contribution >= 0.6 is 12.2 Å². The number of rotatable bonds is 4. The first-order valence-electron chi connectivity index (χ1n) is 6.64. The van der Waals surface area contributed by atoms with Gasteiger partial charge >= 0.3 is 0 Å². The van der Waals surface area contributed by atoms with Crippen molar-refractivity contribution in [2.24, 2.45) is 11.1 Å². The number of hydrogen-bond acceptors (Lipinski definition) is 3. The molecule has 2 aliphatic rings. The molecule has 1 fully saturated rings. The highest BCUT2D eigenvalue weighted by Crippen LogP contribution is 2.44. The summed E-state index contributed by atoms with van der Waals surface area (Å²) in [5.41, 5.74) is 9.72. The Morgan fingerprint density at radius 1 is 1.50 bits per heavy atom. The molecule has 3 rings (SSSR count). The minimum atomic E-state index is 0.445. The van der Waals surface area contributed by atoms with Crippen LogP contribution in [0.3, 0.4) is 0 Å². The number of aryl methyl sites for hydroxylation is 2. The largest absolute Gasteiger partial charge is 0.389 e. The molecule has 0 spiro atoms. The van der Waals surface area contributed by atoms with E-state index in [2.05, 4.69) is 18.3 Å². The molecule has 18 heavy (non-hydrogen) atoms. The van der Waals surface area contributed by atoms with Crippen molar-refractivity contribution < 1.29 is 0 Å². The topological polar surface area (TPSA) is 50.9 Å². The van der Waals surface area contributed by atoms with Gasteiger partial charge in [-0.2, -0.15) is 0 Å². The number of fused-ring (bicyclic) bond motifs is 1. The summed E-state index contributed by atoms with van der Waals surface area (Å²) in [4.78, 5) is 5.17. The van der Waals surface area contributed by atoms with Crippen LogP contribution in [-0.4, -0.2) is 16.5 Å². The number of nitrogens with two attached hydrogens (primary N) is 1. The Bertz CT molecular complexity index is 506. The summed E-state index contributed by atoms with van der Waals surface area (Å²) in [6, 6.07) is 2.13. The Morgan fingerprint density at radius 2 is 2.28 bits per heavy atom. The molecular formula is C14H19N3S. The second kappa shape index (κ2) is 4.19. The lowest BCUT2D eigenvalue weighted by molar-refractivity contribution is 0.609. The summed E-state index contributed by atoms with van der Waals surface area (Å²) in [5, 5.41) is 3.45. The fraction of sp³-hybridized carbons (Fsp3) is 0.571. The first kappa shape index (κ1) is 11.9. The minimum Gasteiger partial charge on any atom is -0.389 e. The highest BCUT2D eigenvalue weighted by molar-refractivity contribution is 7.80. The summed E-state index contributed by atoms with van der Waals surface area (Å²) in [6.45, 7) is 3.27. The smallest absolute Gasteiger partial charge is 0.136 e. The lowest BCUT2D eigenvalue weighted by Crippen LogP contribution is -2.19. The molecule has 96 valence electrons. The van der Waals surface area contributed by atoms with Crippen LogP contribution in [-0.2, 0) is 12.8 Å². The molecule has 0 unspecified atom stereocenters. The SMILES string of the molecule is CC1(CNc2nc3c(cc2C(N)=S)CCC3)CC1. The van der Waals surface area contributed by atoms with Gasteiger partial charge in [0.2, 0.25) is 0 Å². The Hall–Kier alpha value is -1.16. The summed E-state index contributed by atoms with van der Waals surface area (Å²) in [5.74, 6) is 0.885. The van der Waals surface area contributed by atoms with Crippen LogP contribution in [0.1, 0.15) is 43.0 Å². The Labute approximate surface area is 113 Å². The second-order valence-corrected chi connectivity index (χ2v) is 6.31. The van der Waals surface area contributed by atoms with E-state index in [1.54, 1.807) is 0 Å². The van der Waals surface area contributed by atoms with Crippen LogP contribution in [0.4, 0.5) is 5.82 Å². The average molecular weight is 261 g/mol. The average Bonchev–Trinajstić information content (AvgIpc) is 2.90. The van der Waals surface area contributed by atoms with Gasteiger partial charge < -0.3 is 11.1 Å². The van der Waals surface area contributed by atoms with Crippen molar-refractivity contribution >= 4 is 23.0 Å². The first-order valence-corrected chi connectivity index (χ1v) is 7.05. The molecule has 0 aromatic carbocycles. The third-order valence-corrected chi connectivity index (χ3v) is 4.32.